The van der Waals surface area contributed by atoms with Crippen LogP contribution in [0.2, 0.25) is 0 Å². The Morgan fingerprint density at radius 2 is 2.20 bits per heavy atom. The normalized spacial score (nSPS) is 16.5. The lowest BCUT2D eigenvalue weighted by atomic mass is 10.1. The van der Waals surface area contributed by atoms with E-state index < -0.39 is 6.04 Å². The number of hydrogen-bond donors (Lipinski definition) is 1. The van der Waals surface area contributed by atoms with Crippen LogP contribution >= 0.6 is 11.3 Å². The first-order valence-corrected chi connectivity index (χ1v) is 9.55. The van der Waals surface area contributed by atoms with Crippen molar-refractivity contribution < 1.29 is 4.79 Å². The molecule has 130 valence electrons. The molecule has 0 radical (unpaired) electrons. The zero-order valence-electron chi connectivity index (χ0n) is 14.1. The lowest BCUT2D eigenvalue weighted by molar-refractivity contribution is -0.125. The van der Waals surface area contributed by atoms with Crippen molar-refractivity contribution in [2.75, 3.05) is 0 Å². The van der Waals surface area contributed by atoms with Gasteiger partial charge < -0.3 is 5.32 Å². The second-order valence-electron chi connectivity index (χ2n) is 6.51. The fourth-order valence-electron chi connectivity index (χ4n) is 3.58. The minimum Gasteiger partial charge on any atom is -0.352 e. The van der Waals surface area contributed by atoms with Crippen molar-refractivity contribution in [1.29, 1.82) is 0 Å². The number of nitrogens with zero attached hydrogens (tertiary/aromatic N) is 3. The summed E-state index contributed by atoms with van der Waals surface area (Å²) in [5.41, 5.74) is 0.502. The lowest BCUT2D eigenvalue weighted by Crippen LogP contribution is -2.41. The van der Waals surface area contributed by atoms with Crippen LogP contribution in [0, 0.1) is 0 Å². The third kappa shape index (κ3) is 2.82. The molecule has 0 saturated heterocycles. The molecule has 0 aromatic carbocycles. The fourth-order valence-corrected chi connectivity index (χ4v) is 4.61. The van der Waals surface area contributed by atoms with E-state index in [1.54, 1.807) is 6.20 Å². The van der Waals surface area contributed by atoms with E-state index >= 15 is 0 Å². The predicted molar refractivity (Wildman–Crippen MR) is 98.9 cm³/mol. The molecule has 1 aliphatic carbocycles. The maximum Gasteiger partial charge on any atom is 0.272 e. The zero-order valence-corrected chi connectivity index (χ0v) is 14.9. The predicted octanol–water partition coefficient (Wildman–Crippen LogP) is 3.02. The van der Waals surface area contributed by atoms with E-state index in [1.807, 2.05) is 19.1 Å². The van der Waals surface area contributed by atoms with Gasteiger partial charge in [0.2, 0.25) is 5.91 Å². The Morgan fingerprint density at radius 3 is 2.96 bits per heavy atom. The van der Waals surface area contributed by atoms with Gasteiger partial charge in [0.1, 0.15) is 15.6 Å². The molecule has 1 aliphatic rings. The van der Waals surface area contributed by atoms with Gasteiger partial charge in [0.05, 0.1) is 11.8 Å². The molecule has 4 rings (SSSR count). The zero-order chi connectivity index (χ0) is 17.4. The molecule has 25 heavy (non-hydrogen) atoms. The van der Waals surface area contributed by atoms with Gasteiger partial charge in [0, 0.05) is 17.6 Å². The molecule has 7 heteroatoms. The third-order valence-corrected chi connectivity index (χ3v) is 6.00. The molecule has 0 bridgehead atoms. The quantitative estimate of drug-likeness (QED) is 0.779. The molecule has 6 nitrogen and oxygen atoms in total. The van der Waals surface area contributed by atoms with Crippen molar-refractivity contribution in [2.24, 2.45) is 0 Å². The van der Waals surface area contributed by atoms with Gasteiger partial charge in [-0.05, 0) is 31.4 Å². The van der Waals surface area contributed by atoms with Gasteiger partial charge in [0.15, 0.2) is 0 Å². The number of hydrogen-bond acceptors (Lipinski definition) is 5. The Balaban J connectivity index is 1.73. The molecule has 3 heterocycles. The first kappa shape index (κ1) is 16.2. The number of thiophene rings is 1. The van der Waals surface area contributed by atoms with Gasteiger partial charge in [-0.2, -0.15) is 0 Å². The second kappa shape index (κ2) is 6.55. The molecule has 0 spiro atoms. The lowest BCUT2D eigenvalue weighted by Gasteiger charge is -2.20. The number of aromatic nitrogens is 3. The van der Waals surface area contributed by atoms with Gasteiger partial charge in [-0.25, -0.2) is 9.97 Å². The van der Waals surface area contributed by atoms with E-state index in [9.17, 15) is 9.59 Å². The Labute approximate surface area is 148 Å². The largest absolute Gasteiger partial charge is 0.352 e. The standard InChI is InChI=1S/C18H20N4O2S/c1-2-13(16(23)21-11-6-3-4-7-11)22-10-20-14-12-8-5-9-19-17(12)25-15(14)18(22)24/h5,8-11,13H,2-4,6-7H2,1H3,(H,21,23)/t13-/m1/s1. The number of carbonyl (C=O) groups excluding carboxylic acids is 1. The average Bonchev–Trinajstić information content (AvgIpc) is 3.25. The highest BCUT2D eigenvalue weighted by Gasteiger charge is 2.25. The van der Waals surface area contributed by atoms with Crippen LogP contribution in [0.5, 0.6) is 0 Å². The van der Waals surface area contributed by atoms with Crippen LogP contribution in [0.3, 0.4) is 0 Å². The summed E-state index contributed by atoms with van der Waals surface area (Å²) in [4.78, 5) is 35.2. The molecule has 3 aromatic heterocycles. The SMILES string of the molecule is CC[C@H](C(=O)NC1CCCC1)n1cnc2c(sc3ncccc32)c1=O. The number of fused-ring (bicyclic) bond motifs is 3. The van der Waals surface area contributed by atoms with Crippen molar-refractivity contribution in [3.8, 4) is 0 Å². The highest BCUT2D eigenvalue weighted by atomic mass is 32.1. The molecule has 1 saturated carbocycles. The molecule has 1 fully saturated rings. The third-order valence-electron chi connectivity index (χ3n) is 4.91. The van der Waals surface area contributed by atoms with Crippen LogP contribution in [0.15, 0.2) is 29.5 Å². The van der Waals surface area contributed by atoms with Crippen molar-refractivity contribution in [3.63, 3.8) is 0 Å². The van der Waals surface area contributed by atoms with Gasteiger partial charge in [-0.1, -0.05) is 19.8 Å². The van der Waals surface area contributed by atoms with Crippen molar-refractivity contribution in [3.05, 3.63) is 35.0 Å². The Hall–Kier alpha value is -2.28. The molecule has 1 amide bonds. The van der Waals surface area contributed by atoms with Crippen LogP contribution in [0.1, 0.15) is 45.1 Å². The number of carbonyl (C=O) groups is 1. The molecular formula is C18H20N4O2S. The molecule has 3 aromatic rings. The Morgan fingerprint density at radius 1 is 1.40 bits per heavy atom. The summed E-state index contributed by atoms with van der Waals surface area (Å²) in [5, 5.41) is 3.98. The molecule has 0 aliphatic heterocycles. The highest BCUT2D eigenvalue weighted by Crippen LogP contribution is 2.28. The van der Waals surface area contributed by atoms with Gasteiger partial charge >= 0.3 is 0 Å². The minimum atomic E-state index is -0.525. The minimum absolute atomic E-state index is 0.0862. The summed E-state index contributed by atoms with van der Waals surface area (Å²) < 4.78 is 2.03. The van der Waals surface area contributed by atoms with Crippen LogP contribution < -0.4 is 10.9 Å². The van der Waals surface area contributed by atoms with Crippen LogP contribution in [0.25, 0.3) is 20.4 Å². The topological polar surface area (TPSA) is 76.9 Å². The Kier molecular flexibility index (Phi) is 4.25. The maximum atomic E-state index is 13.0. The summed E-state index contributed by atoms with van der Waals surface area (Å²) in [7, 11) is 0. The van der Waals surface area contributed by atoms with E-state index in [0.29, 0.717) is 16.6 Å². The summed E-state index contributed by atoms with van der Waals surface area (Å²) in [5.74, 6) is -0.0862. The number of nitrogens with one attached hydrogen (secondary N) is 1. The summed E-state index contributed by atoms with van der Waals surface area (Å²) >= 11 is 1.34. The Bertz CT molecular complexity index is 988. The molecule has 1 N–H and O–H groups in total. The van der Waals surface area contributed by atoms with Crippen LogP contribution in [0.4, 0.5) is 0 Å². The first-order chi connectivity index (χ1) is 12.2. The molecule has 0 unspecified atom stereocenters. The fraction of sp³-hybridized carbons (Fsp3) is 0.444. The summed E-state index contributed by atoms with van der Waals surface area (Å²) in [6, 6.07) is 3.47. The van der Waals surface area contributed by atoms with Crippen molar-refractivity contribution >= 4 is 37.7 Å². The van der Waals surface area contributed by atoms with Crippen LogP contribution in [-0.4, -0.2) is 26.5 Å². The first-order valence-electron chi connectivity index (χ1n) is 8.73. The second-order valence-corrected chi connectivity index (χ2v) is 7.51. The van der Waals surface area contributed by atoms with Gasteiger partial charge in [0.25, 0.3) is 5.56 Å². The molecule has 1 atom stereocenters. The number of amides is 1. The number of rotatable bonds is 4. The van der Waals surface area contributed by atoms with E-state index in [4.69, 9.17) is 0 Å². The van der Waals surface area contributed by atoms with Gasteiger partial charge in [-0.15, -0.1) is 11.3 Å². The smallest absolute Gasteiger partial charge is 0.272 e. The van der Waals surface area contributed by atoms with E-state index in [1.165, 1.54) is 22.2 Å². The average molecular weight is 356 g/mol. The summed E-state index contributed by atoms with van der Waals surface area (Å²) in [6.07, 6.45) is 8.13. The van der Waals surface area contributed by atoms with Crippen molar-refractivity contribution in [2.45, 2.75) is 51.1 Å². The molecular weight excluding hydrogens is 336 g/mol. The maximum absolute atomic E-state index is 13.0. The van der Waals surface area contributed by atoms with Crippen LogP contribution in [-0.2, 0) is 4.79 Å². The van der Waals surface area contributed by atoms with E-state index in [0.717, 1.165) is 35.9 Å². The monoisotopic (exact) mass is 356 g/mol. The van der Waals surface area contributed by atoms with Crippen molar-refractivity contribution in [1.82, 2.24) is 19.9 Å². The number of pyridine rings is 1. The highest BCUT2D eigenvalue weighted by molar-refractivity contribution is 7.25. The van der Waals surface area contributed by atoms with E-state index in [2.05, 4.69) is 15.3 Å². The van der Waals surface area contributed by atoms with Gasteiger partial charge in [-0.3, -0.25) is 14.2 Å². The van der Waals surface area contributed by atoms with E-state index in [-0.39, 0.29) is 17.5 Å². The summed E-state index contributed by atoms with van der Waals surface area (Å²) in [6.45, 7) is 1.92.